The zero-order valence-electron chi connectivity index (χ0n) is 12.9. The lowest BCUT2D eigenvalue weighted by Gasteiger charge is -2.13. The number of ether oxygens (including phenoxy) is 2. The summed E-state index contributed by atoms with van der Waals surface area (Å²) in [6.45, 7) is 0.455. The molecule has 0 aliphatic heterocycles. The van der Waals surface area contributed by atoms with Gasteiger partial charge in [-0.2, -0.15) is 0 Å². The summed E-state index contributed by atoms with van der Waals surface area (Å²) in [6.07, 6.45) is 2.95. The van der Waals surface area contributed by atoms with Gasteiger partial charge < -0.3 is 14.3 Å². The monoisotopic (exact) mass is 307 g/mol. The topological polar surface area (TPSA) is 48.4 Å². The molecule has 4 nitrogen and oxygen atoms in total. The molecule has 0 saturated heterocycles. The fourth-order valence-corrected chi connectivity index (χ4v) is 2.49. The number of fused-ring (bicyclic) bond motifs is 1. The van der Waals surface area contributed by atoms with Gasteiger partial charge in [-0.3, -0.25) is 4.98 Å². The first kappa shape index (κ1) is 15.0. The minimum atomic E-state index is 0.354. The van der Waals surface area contributed by atoms with Crippen LogP contribution < -0.4 is 9.47 Å². The molecule has 23 heavy (non-hydrogen) atoms. The molecule has 0 bridgehead atoms. The quantitative estimate of drug-likeness (QED) is 0.653. The molecule has 0 radical (unpaired) electrons. The zero-order valence-corrected chi connectivity index (χ0v) is 12.9. The van der Waals surface area contributed by atoms with E-state index in [2.05, 4.69) is 4.98 Å². The highest BCUT2D eigenvalue weighted by molar-refractivity contribution is 5.87. The van der Waals surface area contributed by atoms with Crippen molar-refractivity contribution < 1.29 is 14.3 Å². The number of carbonyl (C=O) groups excluding carboxylic acids is 1. The molecule has 2 aromatic carbocycles. The van der Waals surface area contributed by atoms with Crippen molar-refractivity contribution >= 4 is 17.2 Å². The Hall–Kier alpha value is -2.88. The number of hydrogen-bond donors (Lipinski definition) is 0. The van der Waals surface area contributed by atoms with Gasteiger partial charge >= 0.3 is 0 Å². The highest BCUT2D eigenvalue weighted by atomic mass is 16.5. The maximum Gasteiger partial charge on any atom is 0.163 e. The second-order valence-corrected chi connectivity index (χ2v) is 5.14. The summed E-state index contributed by atoms with van der Waals surface area (Å²) in [6, 6.07) is 15.5. The summed E-state index contributed by atoms with van der Waals surface area (Å²) < 4.78 is 11.3. The van der Waals surface area contributed by atoms with E-state index in [1.54, 1.807) is 13.3 Å². The molecule has 0 spiro atoms. The van der Waals surface area contributed by atoms with Crippen molar-refractivity contribution in [3.63, 3.8) is 0 Å². The Morgan fingerprint density at radius 1 is 1.09 bits per heavy atom. The Kier molecular flexibility index (Phi) is 4.52. The highest BCUT2D eigenvalue weighted by Gasteiger charge is 2.10. The third kappa shape index (κ3) is 3.31. The van der Waals surface area contributed by atoms with Gasteiger partial charge in [-0.05, 0) is 23.3 Å². The van der Waals surface area contributed by atoms with Crippen LogP contribution in [0.1, 0.15) is 11.1 Å². The van der Waals surface area contributed by atoms with E-state index in [0.717, 1.165) is 28.3 Å². The molecule has 0 aliphatic rings. The first-order chi connectivity index (χ1) is 11.3. The summed E-state index contributed by atoms with van der Waals surface area (Å²) in [7, 11) is 1.60. The van der Waals surface area contributed by atoms with Crippen molar-refractivity contribution in [2.75, 3.05) is 7.11 Å². The van der Waals surface area contributed by atoms with E-state index >= 15 is 0 Å². The first-order valence-electron chi connectivity index (χ1n) is 7.38. The molecular formula is C19H17NO3. The van der Waals surface area contributed by atoms with Crippen LogP contribution in [-0.2, 0) is 17.8 Å². The maximum atomic E-state index is 10.8. The van der Waals surface area contributed by atoms with Crippen LogP contribution in [0.3, 0.4) is 0 Å². The molecule has 1 heterocycles. The minimum Gasteiger partial charge on any atom is -0.493 e. The third-order valence-corrected chi connectivity index (χ3v) is 3.66. The van der Waals surface area contributed by atoms with Gasteiger partial charge in [0.15, 0.2) is 11.5 Å². The molecule has 0 fully saturated rings. The molecule has 0 aliphatic carbocycles. The van der Waals surface area contributed by atoms with Gasteiger partial charge in [0, 0.05) is 24.1 Å². The molecule has 0 N–H and O–H groups in total. The number of pyridine rings is 1. The minimum absolute atomic E-state index is 0.354. The summed E-state index contributed by atoms with van der Waals surface area (Å²) in [5.41, 5.74) is 2.79. The van der Waals surface area contributed by atoms with E-state index in [1.165, 1.54) is 0 Å². The third-order valence-electron chi connectivity index (χ3n) is 3.66. The van der Waals surface area contributed by atoms with E-state index in [0.29, 0.717) is 24.5 Å². The normalized spacial score (nSPS) is 10.5. The van der Waals surface area contributed by atoms with Crippen LogP contribution in [0, 0.1) is 0 Å². The molecule has 116 valence electrons. The van der Waals surface area contributed by atoms with Crippen molar-refractivity contribution in [1.29, 1.82) is 0 Å². The maximum absolute atomic E-state index is 10.8. The van der Waals surface area contributed by atoms with Crippen LogP contribution in [0.15, 0.2) is 54.7 Å². The van der Waals surface area contributed by atoms with Crippen LogP contribution in [0.25, 0.3) is 10.9 Å². The van der Waals surface area contributed by atoms with Crippen molar-refractivity contribution in [3.8, 4) is 11.5 Å². The van der Waals surface area contributed by atoms with Crippen LogP contribution >= 0.6 is 0 Å². The van der Waals surface area contributed by atoms with E-state index in [-0.39, 0.29) is 0 Å². The molecule has 1 aromatic heterocycles. The molecule has 0 atom stereocenters. The van der Waals surface area contributed by atoms with E-state index in [4.69, 9.17) is 9.47 Å². The van der Waals surface area contributed by atoms with Crippen molar-refractivity contribution in [1.82, 2.24) is 4.98 Å². The van der Waals surface area contributed by atoms with Crippen LogP contribution in [0.5, 0.6) is 11.5 Å². The molecule has 0 amide bonds. The number of methoxy groups -OCH3 is 1. The predicted molar refractivity (Wildman–Crippen MR) is 88.8 cm³/mol. The lowest BCUT2D eigenvalue weighted by molar-refractivity contribution is -0.107. The lowest BCUT2D eigenvalue weighted by atomic mass is 10.1. The number of aromatic nitrogens is 1. The lowest BCUT2D eigenvalue weighted by Crippen LogP contribution is -1.99. The number of benzene rings is 2. The smallest absolute Gasteiger partial charge is 0.163 e. The van der Waals surface area contributed by atoms with Gasteiger partial charge in [-0.25, -0.2) is 0 Å². The average molecular weight is 307 g/mol. The van der Waals surface area contributed by atoms with E-state index in [9.17, 15) is 4.79 Å². The Labute approximate surface area is 134 Å². The average Bonchev–Trinajstić information content (AvgIpc) is 2.60. The van der Waals surface area contributed by atoms with E-state index < -0.39 is 0 Å². The van der Waals surface area contributed by atoms with Gasteiger partial charge in [-0.1, -0.05) is 30.3 Å². The Morgan fingerprint density at radius 2 is 1.91 bits per heavy atom. The summed E-state index contributed by atoms with van der Waals surface area (Å²) in [4.78, 5) is 15.2. The predicted octanol–water partition coefficient (Wildman–Crippen LogP) is 3.56. The van der Waals surface area contributed by atoms with Gasteiger partial charge in [0.05, 0.1) is 12.6 Å². The van der Waals surface area contributed by atoms with Crippen LogP contribution in [-0.4, -0.2) is 18.4 Å². The number of aldehydes is 1. The summed E-state index contributed by atoms with van der Waals surface area (Å²) in [5.74, 6) is 1.27. The molecule has 4 heteroatoms. The molecule has 0 saturated carbocycles. The van der Waals surface area contributed by atoms with Crippen molar-refractivity contribution in [2.24, 2.45) is 0 Å². The van der Waals surface area contributed by atoms with Crippen molar-refractivity contribution in [3.05, 3.63) is 65.9 Å². The SMILES string of the molecule is COc1cc2c(CC=O)ccnc2cc1OCc1ccccc1. The largest absolute Gasteiger partial charge is 0.493 e. The highest BCUT2D eigenvalue weighted by Crippen LogP contribution is 2.33. The first-order valence-corrected chi connectivity index (χ1v) is 7.38. The number of rotatable bonds is 6. The Bertz CT molecular complexity index is 815. The number of carbonyl (C=O) groups is 1. The molecule has 3 rings (SSSR count). The zero-order chi connectivity index (χ0) is 16.1. The Balaban J connectivity index is 1.95. The van der Waals surface area contributed by atoms with E-state index in [1.807, 2.05) is 48.5 Å². The second kappa shape index (κ2) is 6.92. The number of nitrogens with zero attached hydrogens (tertiary/aromatic N) is 1. The van der Waals surface area contributed by atoms with Crippen molar-refractivity contribution in [2.45, 2.75) is 13.0 Å². The molecule has 0 unspecified atom stereocenters. The van der Waals surface area contributed by atoms with Gasteiger partial charge in [0.25, 0.3) is 0 Å². The molecular weight excluding hydrogens is 290 g/mol. The standard InChI is InChI=1S/C19H17NO3/c1-22-18-11-16-15(8-10-21)7-9-20-17(16)12-19(18)23-13-14-5-3-2-4-6-14/h2-7,9-12H,8,13H2,1H3. The Morgan fingerprint density at radius 3 is 2.65 bits per heavy atom. The van der Waals surface area contributed by atoms with Gasteiger partial charge in [0.2, 0.25) is 0 Å². The number of hydrogen-bond acceptors (Lipinski definition) is 4. The van der Waals surface area contributed by atoms with Gasteiger partial charge in [0.1, 0.15) is 12.9 Å². The second-order valence-electron chi connectivity index (χ2n) is 5.14. The summed E-state index contributed by atoms with van der Waals surface area (Å²) in [5, 5.41) is 0.906. The van der Waals surface area contributed by atoms with Crippen LogP contribution in [0.2, 0.25) is 0 Å². The molecule has 3 aromatic rings. The fraction of sp³-hybridized carbons (Fsp3) is 0.158. The fourth-order valence-electron chi connectivity index (χ4n) is 2.49. The summed E-state index contributed by atoms with van der Waals surface area (Å²) >= 11 is 0. The van der Waals surface area contributed by atoms with Gasteiger partial charge in [-0.15, -0.1) is 0 Å². The van der Waals surface area contributed by atoms with Crippen LogP contribution in [0.4, 0.5) is 0 Å².